The quantitative estimate of drug-likeness (QED) is 0.675. The first kappa shape index (κ1) is 19.0. The number of thioether (sulfide) groups is 1. The number of amides is 1. The minimum absolute atomic E-state index is 0.00813. The summed E-state index contributed by atoms with van der Waals surface area (Å²) in [6, 6.07) is 10.8. The summed E-state index contributed by atoms with van der Waals surface area (Å²) in [5.74, 6) is 1.37. The summed E-state index contributed by atoms with van der Waals surface area (Å²) >= 11 is 3.47. The zero-order chi connectivity index (χ0) is 17.4. The van der Waals surface area contributed by atoms with Crippen LogP contribution in [0.3, 0.4) is 0 Å². The summed E-state index contributed by atoms with van der Waals surface area (Å²) in [4.78, 5) is 13.4. The molecule has 0 aliphatic carbocycles. The van der Waals surface area contributed by atoms with Gasteiger partial charge in [0.2, 0.25) is 5.91 Å². The zero-order valence-electron chi connectivity index (χ0n) is 13.5. The maximum Gasteiger partial charge on any atom is 0.221 e. The lowest BCUT2D eigenvalue weighted by atomic mass is 10.2. The molecule has 0 saturated heterocycles. The van der Waals surface area contributed by atoms with Crippen molar-refractivity contribution in [3.63, 3.8) is 0 Å². The normalized spacial score (nSPS) is 11.4. The Balaban J connectivity index is 1.66. The smallest absolute Gasteiger partial charge is 0.221 e. The molecular weight excluding hydrogens is 362 g/mol. The van der Waals surface area contributed by atoms with Gasteiger partial charge in [-0.25, -0.2) is 8.42 Å². The highest BCUT2D eigenvalue weighted by atomic mass is 32.2. The van der Waals surface area contributed by atoms with E-state index in [9.17, 15) is 13.2 Å². The monoisotopic (exact) mass is 383 g/mol. The minimum Gasteiger partial charge on any atom is -0.355 e. The molecule has 1 aromatic heterocycles. The lowest BCUT2D eigenvalue weighted by Crippen LogP contribution is -2.27. The van der Waals surface area contributed by atoms with Crippen LogP contribution >= 0.6 is 23.1 Å². The number of benzene rings is 1. The van der Waals surface area contributed by atoms with Gasteiger partial charge < -0.3 is 5.32 Å². The highest BCUT2D eigenvalue weighted by molar-refractivity contribution is 7.98. The predicted molar refractivity (Wildman–Crippen MR) is 101 cm³/mol. The van der Waals surface area contributed by atoms with Gasteiger partial charge in [0.05, 0.1) is 10.6 Å². The first-order valence-corrected chi connectivity index (χ1v) is 11.3. The SMILES string of the molecule is Cc1ccc(S(=O)(=O)CCC(=O)NCCSCc2cccs2)cc1. The van der Waals surface area contributed by atoms with Crippen molar-refractivity contribution in [3.8, 4) is 0 Å². The molecule has 2 rings (SSSR count). The maximum absolute atomic E-state index is 12.2. The van der Waals surface area contributed by atoms with E-state index in [-0.39, 0.29) is 23.0 Å². The van der Waals surface area contributed by atoms with E-state index in [1.807, 2.05) is 18.4 Å². The van der Waals surface area contributed by atoms with Gasteiger partial charge in [-0.1, -0.05) is 23.8 Å². The number of rotatable bonds is 9. The van der Waals surface area contributed by atoms with Gasteiger partial charge in [0.15, 0.2) is 9.84 Å². The fraction of sp³-hybridized carbons (Fsp3) is 0.353. The predicted octanol–water partition coefficient (Wildman–Crippen LogP) is 3.27. The largest absolute Gasteiger partial charge is 0.355 e. The van der Waals surface area contributed by atoms with Gasteiger partial charge in [0.25, 0.3) is 0 Å². The number of aryl methyl sites for hydroxylation is 1. The van der Waals surface area contributed by atoms with E-state index in [0.717, 1.165) is 17.1 Å². The summed E-state index contributed by atoms with van der Waals surface area (Å²) in [7, 11) is -3.40. The lowest BCUT2D eigenvalue weighted by molar-refractivity contribution is -0.120. The second-order valence-corrected chi connectivity index (χ2v) is 9.61. The van der Waals surface area contributed by atoms with Gasteiger partial charge in [-0.2, -0.15) is 11.8 Å². The van der Waals surface area contributed by atoms with Crippen molar-refractivity contribution >= 4 is 38.8 Å². The van der Waals surface area contributed by atoms with E-state index in [0.29, 0.717) is 6.54 Å². The Morgan fingerprint density at radius 3 is 2.62 bits per heavy atom. The van der Waals surface area contributed by atoms with E-state index < -0.39 is 9.84 Å². The summed E-state index contributed by atoms with van der Waals surface area (Å²) in [5, 5.41) is 4.82. The third-order valence-corrected chi connectivity index (χ3v) is 7.17. The Morgan fingerprint density at radius 1 is 1.21 bits per heavy atom. The topological polar surface area (TPSA) is 63.2 Å². The van der Waals surface area contributed by atoms with E-state index in [4.69, 9.17) is 0 Å². The van der Waals surface area contributed by atoms with Gasteiger partial charge >= 0.3 is 0 Å². The highest BCUT2D eigenvalue weighted by Crippen LogP contribution is 2.16. The van der Waals surface area contributed by atoms with Crippen LogP contribution in [0.1, 0.15) is 16.9 Å². The minimum atomic E-state index is -3.40. The molecule has 0 saturated carbocycles. The molecule has 1 aromatic carbocycles. The van der Waals surface area contributed by atoms with Crippen molar-refractivity contribution in [2.75, 3.05) is 18.1 Å². The van der Waals surface area contributed by atoms with Crippen LogP contribution in [0.15, 0.2) is 46.7 Å². The van der Waals surface area contributed by atoms with Crippen molar-refractivity contribution in [3.05, 3.63) is 52.2 Å². The van der Waals surface area contributed by atoms with Crippen molar-refractivity contribution in [1.29, 1.82) is 0 Å². The van der Waals surface area contributed by atoms with Crippen molar-refractivity contribution in [1.82, 2.24) is 5.32 Å². The molecule has 1 amide bonds. The van der Waals surface area contributed by atoms with Crippen molar-refractivity contribution in [2.24, 2.45) is 0 Å². The average molecular weight is 384 g/mol. The third-order valence-electron chi connectivity index (χ3n) is 3.37. The highest BCUT2D eigenvalue weighted by Gasteiger charge is 2.16. The number of sulfone groups is 1. The fourth-order valence-electron chi connectivity index (χ4n) is 2.01. The Hall–Kier alpha value is -1.31. The molecule has 0 unspecified atom stereocenters. The summed E-state index contributed by atoms with van der Waals surface area (Å²) in [6.45, 7) is 2.46. The number of thiophene rings is 1. The van der Waals surface area contributed by atoms with Gasteiger partial charge in [0.1, 0.15) is 0 Å². The van der Waals surface area contributed by atoms with Crippen LogP contribution in [0.5, 0.6) is 0 Å². The summed E-state index contributed by atoms with van der Waals surface area (Å²) in [6.07, 6.45) is -0.00813. The Kier molecular flexibility index (Phi) is 7.33. The molecule has 0 bridgehead atoms. The van der Waals surface area contributed by atoms with Crippen LogP contribution in [-0.4, -0.2) is 32.4 Å². The average Bonchev–Trinajstić information content (AvgIpc) is 3.06. The van der Waals surface area contributed by atoms with Crippen LogP contribution < -0.4 is 5.32 Å². The first-order chi connectivity index (χ1) is 11.5. The summed E-state index contributed by atoms with van der Waals surface area (Å²) in [5.41, 5.74) is 1.01. The van der Waals surface area contributed by atoms with E-state index in [1.165, 1.54) is 4.88 Å². The first-order valence-electron chi connectivity index (χ1n) is 7.63. The van der Waals surface area contributed by atoms with Crippen LogP contribution in [0, 0.1) is 6.92 Å². The lowest BCUT2D eigenvalue weighted by Gasteiger charge is -2.06. The second kappa shape index (κ2) is 9.25. The van der Waals surface area contributed by atoms with E-state index in [1.54, 1.807) is 47.4 Å². The molecule has 130 valence electrons. The molecule has 7 heteroatoms. The third kappa shape index (κ3) is 6.30. The van der Waals surface area contributed by atoms with Crippen molar-refractivity contribution in [2.45, 2.75) is 24.0 Å². The molecule has 1 N–H and O–H groups in total. The molecule has 2 aromatic rings. The standard InChI is InChI=1S/C17H21NO3S3/c1-14-4-6-16(7-5-14)24(20,21)12-8-17(19)18-9-11-22-13-15-3-2-10-23-15/h2-7,10H,8-9,11-13H2,1H3,(H,18,19). The molecule has 0 aliphatic rings. The number of nitrogens with one attached hydrogen (secondary N) is 1. The maximum atomic E-state index is 12.2. The molecule has 4 nitrogen and oxygen atoms in total. The van der Waals surface area contributed by atoms with Crippen LogP contribution in [0.4, 0.5) is 0 Å². The molecule has 0 atom stereocenters. The van der Waals surface area contributed by atoms with Gasteiger partial charge in [-0.05, 0) is 30.5 Å². The molecule has 0 spiro atoms. The number of hydrogen-bond donors (Lipinski definition) is 1. The number of hydrogen-bond acceptors (Lipinski definition) is 5. The van der Waals surface area contributed by atoms with Crippen LogP contribution in [-0.2, 0) is 20.4 Å². The Bertz CT molecular complexity index is 738. The molecular formula is C17H21NO3S3. The molecule has 0 radical (unpaired) electrons. The molecule has 0 aliphatic heterocycles. The van der Waals surface area contributed by atoms with Crippen molar-refractivity contribution < 1.29 is 13.2 Å². The van der Waals surface area contributed by atoms with Gasteiger partial charge in [0, 0.05) is 29.3 Å². The number of carbonyl (C=O) groups is 1. The zero-order valence-corrected chi connectivity index (χ0v) is 16.0. The molecule has 0 fully saturated rings. The van der Waals surface area contributed by atoms with Crippen LogP contribution in [0.25, 0.3) is 0 Å². The summed E-state index contributed by atoms with van der Waals surface area (Å²) < 4.78 is 24.3. The Labute approximate surface area is 151 Å². The van der Waals surface area contributed by atoms with E-state index >= 15 is 0 Å². The van der Waals surface area contributed by atoms with Gasteiger partial charge in [-0.15, -0.1) is 11.3 Å². The Morgan fingerprint density at radius 2 is 1.96 bits per heavy atom. The van der Waals surface area contributed by atoms with Gasteiger partial charge in [-0.3, -0.25) is 4.79 Å². The number of carbonyl (C=O) groups excluding carboxylic acids is 1. The molecule has 1 heterocycles. The fourth-order valence-corrected chi connectivity index (χ4v) is 4.95. The van der Waals surface area contributed by atoms with Crippen LogP contribution in [0.2, 0.25) is 0 Å². The van der Waals surface area contributed by atoms with E-state index in [2.05, 4.69) is 11.4 Å². The second-order valence-electron chi connectivity index (χ2n) is 5.36. The molecule has 24 heavy (non-hydrogen) atoms.